The van der Waals surface area contributed by atoms with E-state index in [0.717, 1.165) is 31.2 Å². The maximum absolute atomic E-state index is 13.0. The summed E-state index contributed by atoms with van der Waals surface area (Å²) >= 11 is 0. The van der Waals surface area contributed by atoms with E-state index < -0.39 is 44.7 Å². The topological polar surface area (TPSA) is 158 Å². The number of benzene rings is 1. The number of carbonyl (C=O) groups is 2. The Hall–Kier alpha value is -4.08. The number of sulfone groups is 1. The molecule has 0 aliphatic heterocycles. The largest absolute Gasteiger partial charge is 0.573 e. The molecule has 0 saturated heterocycles. The normalized spacial score (nSPS) is 14.6. The number of rotatable bonds is 8. The number of alkyl halides is 3. The second kappa shape index (κ2) is 10.00. The summed E-state index contributed by atoms with van der Waals surface area (Å²) in [6.45, 7) is 1.56. The van der Waals surface area contributed by atoms with Crippen LogP contribution in [0.2, 0.25) is 0 Å². The molecule has 0 bridgehead atoms. The van der Waals surface area contributed by atoms with Crippen molar-refractivity contribution in [2.45, 2.75) is 43.0 Å². The number of nitrogens with one attached hydrogen (secondary N) is 2. The van der Waals surface area contributed by atoms with Crippen molar-refractivity contribution in [2.24, 2.45) is 0 Å². The molecule has 2 aromatic heterocycles. The smallest absolute Gasteiger partial charge is 0.406 e. The predicted octanol–water partition coefficient (Wildman–Crippen LogP) is 2.09. The van der Waals surface area contributed by atoms with E-state index in [4.69, 9.17) is 0 Å². The van der Waals surface area contributed by atoms with E-state index in [1.54, 1.807) is 6.92 Å². The molecule has 2 heterocycles. The van der Waals surface area contributed by atoms with Crippen LogP contribution in [0.4, 0.5) is 13.2 Å². The van der Waals surface area contributed by atoms with Crippen LogP contribution in [0, 0.1) is 0 Å². The van der Waals surface area contributed by atoms with Gasteiger partial charge in [0.2, 0.25) is 0 Å². The maximum atomic E-state index is 13.0. The molecule has 2 amide bonds. The zero-order chi connectivity index (χ0) is 27.8. The van der Waals surface area contributed by atoms with E-state index in [9.17, 15) is 31.2 Å². The Kier molecular flexibility index (Phi) is 7.10. The third kappa shape index (κ3) is 6.24. The zero-order valence-electron chi connectivity index (χ0n) is 20.3. The first-order chi connectivity index (χ1) is 17.7. The summed E-state index contributed by atoms with van der Waals surface area (Å²) in [6, 6.07) is 2.93. The molecule has 0 unspecified atom stereocenters. The number of halogens is 3. The van der Waals surface area contributed by atoms with Gasteiger partial charge >= 0.3 is 6.36 Å². The van der Waals surface area contributed by atoms with E-state index in [1.165, 1.54) is 24.1 Å². The summed E-state index contributed by atoms with van der Waals surface area (Å²) in [4.78, 5) is 37.1. The fourth-order valence-corrected chi connectivity index (χ4v) is 4.14. The Morgan fingerprint density at radius 2 is 1.84 bits per heavy atom. The quantitative estimate of drug-likeness (QED) is 0.426. The van der Waals surface area contributed by atoms with Gasteiger partial charge in [-0.05, 0) is 38.0 Å². The van der Waals surface area contributed by atoms with Gasteiger partial charge in [-0.15, -0.1) is 18.3 Å². The van der Waals surface area contributed by atoms with Crippen molar-refractivity contribution in [2.75, 3.05) is 13.3 Å². The van der Waals surface area contributed by atoms with Crippen molar-refractivity contribution in [1.29, 1.82) is 0 Å². The Morgan fingerprint density at radius 1 is 1.13 bits per heavy atom. The van der Waals surface area contributed by atoms with E-state index in [2.05, 4.69) is 35.4 Å². The van der Waals surface area contributed by atoms with Crippen LogP contribution in [-0.4, -0.2) is 64.6 Å². The van der Waals surface area contributed by atoms with Crippen molar-refractivity contribution >= 4 is 21.7 Å². The SMILES string of the molecule is CNC(=O)c1cc(-n2nc(C3CC3)nc2[C@H](C)NC(=O)c2cc(OC(F)(F)F)cc(S(C)(=O)=O)c2)ncn1. The predicted molar refractivity (Wildman–Crippen MR) is 124 cm³/mol. The van der Waals surface area contributed by atoms with Gasteiger partial charge in [-0.2, -0.15) is 4.68 Å². The first kappa shape index (κ1) is 27.0. The van der Waals surface area contributed by atoms with Gasteiger partial charge in [0.25, 0.3) is 11.8 Å². The van der Waals surface area contributed by atoms with Gasteiger partial charge in [0.1, 0.15) is 17.8 Å². The van der Waals surface area contributed by atoms with Crippen LogP contribution in [0.1, 0.15) is 64.2 Å². The van der Waals surface area contributed by atoms with Crippen molar-refractivity contribution < 1.29 is 35.9 Å². The highest BCUT2D eigenvalue weighted by Gasteiger charge is 2.33. The zero-order valence-corrected chi connectivity index (χ0v) is 21.1. The second-order valence-electron chi connectivity index (χ2n) is 8.56. The van der Waals surface area contributed by atoms with Gasteiger partial charge in [0, 0.05) is 30.9 Å². The summed E-state index contributed by atoms with van der Waals surface area (Å²) in [5.74, 6) is -1.15. The van der Waals surface area contributed by atoms with Crippen LogP contribution in [0.3, 0.4) is 0 Å². The first-order valence-corrected chi connectivity index (χ1v) is 13.1. The van der Waals surface area contributed by atoms with Gasteiger partial charge in [-0.25, -0.2) is 23.4 Å². The van der Waals surface area contributed by atoms with Crippen molar-refractivity contribution in [3.05, 3.63) is 53.5 Å². The average molecular weight is 554 g/mol. The highest BCUT2D eigenvalue weighted by Crippen LogP contribution is 2.38. The molecule has 202 valence electrons. The van der Waals surface area contributed by atoms with E-state index >= 15 is 0 Å². The number of hydrogen-bond donors (Lipinski definition) is 2. The molecule has 38 heavy (non-hydrogen) atoms. The fraction of sp³-hybridized carbons (Fsp3) is 0.364. The number of ether oxygens (including phenoxy) is 1. The minimum Gasteiger partial charge on any atom is -0.406 e. The molecular weight excluding hydrogens is 531 g/mol. The van der Waals surface area contributed by atoms with E-state index in [-0.39, 0.29) is 28.8 Å². The number of amides is 2. The standard InChI is InChI=1S/C22H22F3N7O5S/c1-11(29-20(33)13-6-14(37-22(23,24)25)8-15(7-13)38(3,35)36)19-30-18(12-4-5-12)31-32(19)17-9-16(21(34)26-2)27-10-28-17/h6-12H,4-5H2,1-3H3,(H,26,34)(H,29,33)/t11-/m0/s1. The molecule has 12 nitrogen and oxygen atoms in total. The third-order valence-corrected chi connectivity index (χ3v) is 6.55. The molecule has 4 rings (SSSR count). The lowest BCUT2D eigenvalue weighted by Gasteiger charge is -2.16. The van der Waals surface area contributed by atoms with Crippen LogP contribution in [0.15, 0.2) is 35.5 Å². The Bertz CT molecular complexity index is 1500. The van der Waals surface area contributed by atoms with Crippen molar-refractivity contribution in [3.63, 3.8) is 0 Å². The maximum Gasteiger partial charge on any atom is 0.573 e. The van der Waals surface area contributed by atoms with Crippen LogP contribution >= 0.6 is 0 Å². The van der Waals surface area contributed by atoms with Crippen LogP contribution in [-0.2, 0) is 9.84 Å². The molecule has 1 saturated carbocycles. The van der Waals surface area contributed by atoms with Gasteiger partial charge < -0.3 is 15.4 Å². The summed E-state index contributed by atoms with van der Waals surface area (Å²) in [6.07, 6.45) is -1.39. The number of aromatic nitrogens is 5. The number of hydrogen-bond acceptors (Lipinski definition) is 9. The molecule has 1 atom stereocenters. The minimum absolute atomic E-state index is 0.0680. The van der Waals surface area contributed by atoms with Gasteiger partial charge in [-0.3, -0.25) is 9.59 Å². The first-order valence-electron chi connectivity index (χ1n) is 11.2. The molecule has 1 aromatic carbocycles. The van der Waals surface area contributed by atoms with E-state index in [0.29, 0.717) is 11.9 Å². The summed E-state index contributed by atoms with van der Waals surface area (Å²) in [5, 5.41) is 9.53. The van der Waals surface area contributed by atoms with Gasteiger partial charge in [0.15, 0.2) is 27.3 Å². The summed E-state index contributed by atoms with van der Waals surface area (Å²) in [7, 11) is -2.53. The Balaban J connectivity index is 1.68. The summed E-state index contributed by atoms with van der Waals surface area (Å²) in [5.41, 5.74) is -0.310. The molecule has 2 N–H and O–H groups in total. The molecule has 3 aromatic rings. The molecule has 1 aliphatic rings. The summed E-state index contributed by atoms with van der Waals surface area (Å²) < 4.78 is 67.6. The third-order valence-electron chi connectivity index (χ3n) is 5.46. The van der Waals surface area contributed by atoms with Crippen molar-refractivity contribution in [3.8, 4) is 11.6 Å². The molecule has 16 heteroatoms. The van der Waals surface area contributed by atoms with Crippen LogP contribution in [0.5, 0.6) is 5.75 Å². The molecule has 1 aliphatic carbocycles. The minimum atomic E-state index is -5.10. The Morgan fingerprint density at radius 3 is 2.45 bits per heavy atom. The molecular formula is C22H22F3N7O5S. The van der Waals surface area contributed by atoms with E-state index in [1.807, 2.05) is 0 Å². The highest BCUT2D eigenvalue weighted by molar-refractivity contribution is 7.90. The Labute approximate surface area is 214 Å². The van der Waals surface area contributed by atoms with Gasteiger partial charge in [-0.1, -0.05) is 0 Å². The fourth-order valence-electron chi connectivity index (χ4n) is 3.47. The lowest BCUT2D eigenvalue weighted by molar-refractivity contribution is -0.274. The lowest BCUT2D eigenvalue weighted by Crippen LogP contribution is -2.29. The molecule has 0 radical (unpaired) electrons. The van der Waals surface area contributed by atoms with Gasteiger partial charge in [0.05, 0.1) is 10.9 Å². The van der Waals surface area contributed by atoms with Crippen LogP contribution < -0.4 is 15.4 Å². The monoisotopic (exact) mass is 553 g/mol. The van der Waals surface area contributed by atoms with Crippen molar-refractivity contribution in [1.82, 2.24) is 35.4 Å². The average Bonchev–Trinajstić information content (AvgIpc) is 3.59. The highest BCUT2D eigenvalue weighted by atomic mass is 32.2. The number of carbonyl (C=O) groups excluding carboxylic acids is 2. The molecule has 1 fully saturated rings. The second-order valence-corrected chi connectivity index (χ2v) is 10.6. The molecule has 0 spiro atoms. The lowest BCUT2D eigenvalue weighted by atomic mass is 10.2. The van der Waals surface area contributed by atoms with Crippen LogP contribution in [0.25, 0.3) is 5.82 Å². The number of nitrogens with zero attached hydrogens (tertiary/aromatic N) is 5.